The van der Waals surface area contributed by atoms with Crippen LogP contribution in [0.25, 0.3) is 11.1 Å². The number of amides is 2. The summed E-state index contributed by atoms with van der Waals surface area (Å²) in [4.78, 5) is 38.0. The summed E-state index contributed by atoms with van der Waals surface area (Å²) in [7, 11) is 0. The minimum absolute atomic E-state index is 0.0118. The van der Waals surface area contributed by atoms with Gasteiger partial charge in [0.05, 0.1) is 11.1 Å². The van der Waals surface area contributed by atoms with Gasteiger partial charge in [-0.25, -0.2) is 4.79 Å². The molecule has 0 radical (unpaired) electrons. The molecule has 0 atom stereocenters. The van der Waals surface area contributed by atoms with E-state index in [4.69, 9.17) is 10.5 Å². The van der Waals surface area contributed by atoms with Gasteiger partial charge in [0.1, 0.15) is 0 Å². The lowest BCUT2D eigenvalue weighted by atomic mass is 9.98. The first-order chi connectivity index (χ1) is 16.2. The molecule has 0 spiro atoms. The molecule has 2 amide bonds. The topological polar surface area (TPSA) is 89.7 Å². The number of ether oxygens (including phenoxy) is 1. The quantitative estimate of drug-likeness (QED) is 0.493. The summed E-state index contributed by atoms with van der Waals surface area (Å²) in [6.07, 6.45) is -4.55. The van der Waals surface area contributed by atoms with Gasteiger partial charge >= 0.3 is 12.1 Å². The van der Waals surface area contributed by atoms with E-state index in [9.17, 15) is 27.6 Å². The first-order valence-electron chi connectivity index (χ1n) is 10.2. The van der Waals surface area contributed by atoms with Crippen LogP contribution >= 0.6 is 0 Å². The molecule has 3 aromatic rings. The van der Waals surface area contributed by atoms with Crippen molar-refractivity contribution >= 4 is 23.5 Å². The van der Waals surface area contributed by atoms with Gasteiger partial charge in [-0.1, -0.05) is 48.5 Å². The minimum Gasteiger partial charge on any atom is -0.452 e. The van der Waals surface area contributed by atoms with Crippen molar-refractivity contribution in [1.82, 2.24) is 0 Å². The van der Waals surface area contributed by atoms with Crippen molar-refractivity contribution in [3.05, 3.63) is 90.0 Å². The molecule has 3 aromatic carbocycles. The molecule has 0 aliphatic heterocycles. The zero-order valence-corrected chi connectivity index (χ0v) is 17.9. The highest BCUT2D eigenvalue weighted by atomic mass is 19.4. The van der Waals surface area contributed by atoms with Crippen LogP contribution in [0.15, 0.2) is 78.9 Å². The third kappa shape index (κ3) is 6.22. The highest BCUT2D eigenvalue weighted by molar-refractivity contribution is 6.00. The van der Waals surface area contributed by atoms with Crippen LogP contribution in [0.3, 0.4) is 0 Å². The Balaban J connectivity index is 1.75. The Kier molecular flexibility index (Phi) is 7.68. The first-order valence-corrected chi connectivity index (χ1v) is 10.2. The van der Waals surface area contributed by atoms with E-state index in [1.807, 2.05) is 0 Å². The Morgan fingerprint density at radius 2 is 1.47 bits per heavy atom. The van der Waals surface area contributed by atoms with E-state index in [0.29, 0.717) is 16.8 Å². The maximum atomic E-state index is 12.9. The Morgan fingerprint density at radius 3 is 2.09 bits per heavy atom. The number of nitrogens with zero attached hydrogens (tertiary/aromatic N) is 1. The summed E-state index contributed by atoms with van der Waals surface area (Å²) in [5.41, 5.74) is 5.75. The molecule has 176 valence electrons. The second kappa shape index (κ2) is 10.7. The fraction of sp³-hybridized carbons (Fsp3) is 0.160. The van der Waals surface area contributed by atoms with Crippen molar-refractivity contribution in [1.29, 1.82) is 0 Å². The van der Waals surface area contributed by atoms with Crippen LogP contribution in [0.5, 0.6) is 0 Å². The van der Waals surface area contributed by atoms with Gasteiger partial charge in [-0.2, -0.15) is 13.2 Å². The van der Waals surface area contributed by atoms with Crippen LogP contribution < -0.4 is 10.6 Å². The normalized spacial score (nSPS) is 11.0. The van der Waals surface area contributed by atoms with Crippen molar-refractivity contribution in [2.45, 2.75) is 12.6 Å². The van der Waals surface area contributed by atoms with Gasteiger partial charge in [0.15, 0.2) is 6.61 Å². The third-order valence-electron chi connectivity index (χ3n) is 4.95. The number of rotatable bonds is 8. The molecule has 0 saturated heterocycles. The number of alkyl halides is 3. The lowest BCUT2D eigenvalue weighted by Crippen LogP contribution is -2.37. The van der Waals surface area contributed by atoms with Crippen LogP contribution in [-0.2, 0) is 20.5 Å². The van der Waals surface area contributed by atoms with Gasteiger partial charge in [-0.05, 0) is 41.5 Å². The fourth-order valence-corrected chi connectivity index (χ4v) is 3.26. The molecule has 0 aliphatic rings. The van der Waals surface area contributed by atoms with Crippen LogP contribution in [-0.4, -0.2) is 30.9 Å². The summed E-state index contributed by atoms with van der Waals surface area (Å²) in [6.45, 7) is -0.592. The lowest BCUT2D eigenvalue weighted by Gasteiger charge is -2.22. The van der Waals surface area contributed by atoms with E-state index in [1.165, 1.54) is 23.1 Å². The predicted molar refractivity (Wildman–Crippen MR) is 120 cm³/mol. The standard InChI is InChI=1S/C25H21F3N2O4/c26-25(27,28)18-12-10-17(11-13-18)20-8-4-5-9-21(20)24(33)34-16-23(32)30(15-14-22(29)31)19-6-2-1-3-7-19/h1-13H,14-16H2,(H2,29,31). The number of primary amides is 1. The zero-order valence-electron chi connectivity index (χ0n) is 17.9. The molecule has 9 heteroatoms. The summed E-state index contributed by atoms with van der Waals surface area (Å²) in [5, 5.41) is 0. The predicted octanol–water partition coefficient (Wildman–Crippen LogP) is 4.44. The SMILES string of the molecule is NC(=O)CCN(C(=O)COC(=O)c1ccccc1-c1ccc(C(F)(F)F)cc1)c1ccccc1. The molecule has 0 saturated carbocycles. The molecule has 6 nitrogen and oxygen atoms in total. The number of hydrogen-bond donors (Lipinski definition) is 1. The molecular weight excluding hydrogens is 449 g/mol. The maximum Gasteiger partial charge on any atom is 0.416 e. The van der Waals surface area contributed by atoms with Crippen molar-refractivity contribution in [2.24, 2.45) is 5.73 Å². The van der Waals surface area contributed by atoms with Crippen molar-refractivity contribution < 1.29 is 32.3 Å². The molecule has 0 fully saturated rings. The fourth-order valence-electron chi connectivity index (χ4n) is 3.26. The number of anilines is 1. The Labute approximate surface area is 193 Å². The first kappa shape index (κ1) is 24.5. The average molecular weight is 470 g/mol. The number of halogens is 3. The van der Waals surface area contributed by atoms with Crippen LogP contribution in [0.4, 0.5) is 18.9 Å². The Hall–Kier alpha value is -4.14. The maximum absolute atomic E-state index is 12.9. The second-order valence-corrected chi connectivity index (χ2v) is 7.29. The van der Waals surface area contributed by atoms with Gasteiger partial charge in [-0.15, -0.1) is 0 Å². The number of para-hydroxylation sites is 1. The monoisotopic (exact) mass is 470 g/mol. The van der Waals surface area contributed by atoms with Gasteiger partial charge in [0, 0.05) is 18.7 Å². The summed E-state index contributed by atoms with van der Waals surface area (Å²) < 4.78 is 43.8. The highest BCUT2D eigenvalue weighted by Crippen LogP contribution is 2.32. The third-order valence-corrected chi connectivity index (χ3v) is 4.95. The molecule has 2 N–H and O–H groups in total. The van der Waals surface area contributed by atoms with E-state index in [2.05, 4.69) is 0 Å². The molecule has 0 unspecified atom stereocenters. The second-order valence-electron chi connectivity index (χ2n) is 7.29. The van der Waals surface area contributed by atoms with Crippen LogP contribution in [0.2, 0.25) is 0 Å². The van der Waals surface area contributed by atoms with E-state index in [1.54, 1.807) is 48.5 Å². The van der Waals surface area contributed by atoms with E-state index >= 15 is 0 Å². The van der Waals surface area contributed by atoms with Crippen molar-refractivity contribution in [2.75, 3.05) is 18.1 Å². The average Bonchev–Trinajstić information content (AvgIpc) is 2.82. The molecule has 34 heavy (non-hydrogen) atoms. The number of benzene rings is 3. The smallest absolute Gasteiger partial charge is 0.416 e. The Morgan fingerprint density at radius 1 is 0.853 bits per heavy atom. The van der Waals surface area contributed by atoms with Gasteiger partial charge < -0.3 is 15.4 Å². The number of hydrogen-bond acceptors (Lipinski definition) is 4. The number of carbonyl (C=O) groups excluding carboxylic acids is 3. The molecular formula is C25H21F3N2O4. The Bertz CT molecular complexity index is 1160. The van der Waals surface area contributed by atoms with Crippen LogP contribution in [0.1, 0.15) is 22.3 Å². The van der Waals surface area contributed by atoms with E-state index < -0.39 is 36.1 Å². The van der Waals surface area contributed by atoms with Gasteiger partial charge in [0.25, 0.3) is 5.91 Å². The van der Waals surface area contributed by atoms with Crippen molar-refractivity contribution in [3.8, 4) is 11.1 Å². The number of nitrogens with two attached hydrogens (primary N) is 1. The molecule has 0 aromatic heterocycles. The van der Waals surface area contributed by atoms with Gasteiger partial charge in [-0.3, -0.25) is 9.59 Å². The summed E-state index contributed by atoms with van der Waals surface area (Å²) >= 11 is 0. The molecule has 0 heterocycles. The van der Waals surface area contributed by atoms with E-state index in [0.717, 1.165) is 12.1 Å². The molecule has 3 rings (SSSR count). The van der Waals surface area contributed by atoms with Crippen LogP contribution in [0, 0.1) is 0 Å². The van der Waals surface area contributed by atoms with Gasteiger partial charge in [0.2, 0.25) is 5.91 Å². The minimum atomic E-state index is -4.48. The highest BCUT2D eigenvalue weighted by Gasteiger charge is 2.30. The molecule has 0 bridgehead atoms. The number of esters is 1. The zero-order chi connectivity index (χ0) is 24.7. The molecule has 0 aliphatic carbocycles. The van der Waals surface area contributed by atoms with Crippen molar-refractivity contribution in [3.63, 3.8) is 0 Å². The number of carbonyl (C=O) groups is 3. The summed E-state index contributed by atoms with van der Waals surface area (Å²) in [6, 6.07) is 19.2. The summed E-state index contributed by atoms with van der Waals surface area (Å²) in [5.74, 6) is -1.96. The largest absolute Gasteiger partial charge is 0.452 e. The van der Waals surface area contributed by atoms with E-state index in [-0.39, 0.29) is 18.5 Å². The lowest BCUT2D eigenvalue weighted by molar-refractivity contribution is -0.137.